The minimum absolute atomic E-state index is 0.141. The lowest BCUT2D eigenvalue weighted by molar-refractivity contribution is -0.146. The van der Waals surface area contributed by atoms with Crippen molar-refractivity contribution in [2.45, 2.75) is 25.8 Å². The van der Waals surface area contributed by atoms with Gasteiger partial charge in [-0.25, -0.2) is 0 Å². The van der Waals surface area contributed by atoms with Crippen LogP contribution in [0.15, 0.2) is 0 Å². The third kappa shape index (κ3) is 2.70. The number of carboxylic acid groups (broad SMARTS) is 1. The van der Waals surface area contributed by atoms with E-state index in [9.17, 15) is 9.59 Å². The van der Waals surface area contributed by atoms with Crippen LogP contribution in [0, 0.1) is 5.92 Å². The topological polar surface area (TPSA) is 83.6 Å². The normalized spacial score (nSPS) is 20.1. The van der Waals surface area contributed by atoms with Crippen molar-refractivity contribution in [3.63, 3.8) is 0 Å². The highest BCUT2D eigenvalue weighted by Gasteiger charge is 2.33. The maximum absolute atomic E-state index is 10.9. The van der Waals surface area contributed by atoms with Crippen LogP contribution in [0.5, 0.6) is 0 Å². The molecule has 1 unspecified atom stereocenters. The van der Waals surface area contributed by atoms with Crippen LogP contribution in [0.25, 0.3) is 0 Å². The van der Waals surface area contributed by atoms with Crippen molar-refractivity contribution in [2.75, 3.05) is 13.1 Å². The quantitative estimate of drug-likeness (QED) is 0.635. The molecular weight excluding hydrogens is 184 g/mol. The molecule has 0 bridgehead atoms. The highest BCUT2D eigenvalue weighted by molar-refractivity contribution is 5.77. The standard InChI is InChI=1S/C9H16N2O3/c1-6-4-11(5-6)7(9(13)14)2-3-8(10)12/h6-7H,2-5H2,1H3,(H2,10,12)(H,13,14). The molecule has 0 aromatic rings. The Hall–Kier alpha value is -1.10. The molecule has 0 radical (unpaired) electrons. The molecule has 5 nitrogen and oxygen atoms in total. The summed E-state index contributed by atoms with van der Waals surface area (Å²) in [4.78, 5) is 23.3. The van der Waals surface area contributed by atoms with Crippen molar-refractivity contribution >= 4 is 11.9 Å². The number of aliphatic carboxylic acids is 1. The molecule has 80 valence electrons. The molecule has 3 N–H and O–H groups in total. The Labute approximate surface area is 82.9 Å². The highest BCUT2D eigenvalue weighted by Crippen LogP contribution is 2.20. The van der Waals surface area contributed by atoms with Gasteiger partial charge in [0.2, 0.25) is 5.91 Å². The van der Waals surface area contributed by atoms with Gasteiger partial charge in [-0.2, -0.15) is 0 Å². The molecule has 0 aromatic carbocycles. The lowest BCUT2D eigenvalue weighted by Gasteiger charge is -2.41. The summed E-state index contributed by atoms with van der Waals surface area (Å²) in [5, 5.41) is 8.91. The number of carbonyl (C=O) groups is 2. The van der Waals surface area contributed by atoms with E-state index in [2.05, 4.69) is 6.92 Å². The number of primary amides is 1. The molecule has 1 aliphatic heterocycles. The number of carbonyl (C=O) groups excluding carboxylic acids is 1. The molecule has 0 aliphatic carbocycles. The Morgan fingerprint density at radius 2 is 2.14 bits per heavy atom. The zero-order valence-electron chi connectivity index (χ0n) is 8.27. The largest absolute Gasteiger partial charge is 0.480 e. The predicted octanol–water partition coefficient (Wildman–Crippen LogP) is -0.343. The number of carboxylic acids is 1. The average Bonchev–Trinajstić information content (AvgIpc) is 2.00. The predicted molar refractivity (Wildman–Crippen MR) is 50.6 cm³/mol. The van der Waals surface area contributed by atoms with E-state index in [0.717, 1.165) is 13.1 Å². The fraction of sp³-hybridized carbons (Fsp3) is 0.778. The second-order valence-electron chi connectivity index (χ2n) is 3.92. The monoisotopic (exact) mass is 200 g/mol. The zero-order valence-corrected chi connectivity index (χ0v) is 8.27. The van der Waals surface area contributed by atoms with E-state index in [4.69, 9.17) is 10.8 Å². The van der Waals surface area contributed by atoms with Crippen molar-refractivity contribution in [1.82, 2.24) is 4.90 Å². The van der Waals surface area contributed by atoms with Crippen molar-refractivity contribution in [2.24, 2.45) is 11.7 Å². The summed E-state index contributed by atoms with van der Waals surface area (Å²) in [6.45, 7) is 3.68. The van der Waals surface area contributed by atoms with Crippen LogP contribution >= 0.6 is 0 Å². The fourth-order valence-electron chi connectivity index (χ4n) is 1.74. The molecule has 1 rings (SSSR count). The van der Waals surface area contributed by atoms with Crippen LogP contribution < -0.4 is 5.73 Å². The Kier molecular flexibility index (Phi) is 3.46. The van der Waals surface area contributed by atoms with E-state index in [-0.39, 0.29) is 6.42 Å². The number of hydrogen-bond acceptors (Lipinski definition) is 3. The minimum Gasteiger partial charge on any atom is -0.480 e. The van der Waals surface area contributed by atoms with Gasteiger partial charge < -0.3 is 10.8 Å². The van der Waals surface area contributed by atoms with E-state index in [0.29, 0.717) is 12.3 Å². The smallest absolute Gasteiger partial charge is 0.320 e. The Bertz CT molecular complexity index is 236. The van der Waals surface area contributed by atoms with Crippen molar-refractivity contribution in [1.29, 1.82) is 0 Å². The van der Waals surface area contributed by atoms with Gasteiger partial charge in [-0.05, 0) is 12.3 Å². The number of rotatable bonds is 5. The summed E-state index contributed by atoms with van der Waals surface area (Å²) >= 11 is 0. The Morgan fingerprint density at radius 1 is 1.57 bits per heavy atom. The molecule has 1 aliphatic rings. The lowest BCUT2D eigenvalue weighted by Crippen LogP contribution is -2.54. The lowest BCUT2D eigenvalue weighted by atomic mass is 9.97. The molecule has 1 amide bonds. The first-order valence-corrected chi connectivity index (χ1v) is 4.76. The van der Waals surface area contributed by atoms with Crippen LogP contribution in [0.4, 0.5) is 0 Å². The first-order chi connectivity index (χ1) is 6.50. The third-order valence-corrected chi connectivity index (χ3v) is 2.48. The van der Waals surface area contributed by atoms with Crippen LogP contribution in [0.2, 0.25) is 0 Å². The number of likely N-dealkylation sites (tertiary alicyclic amines) is 1. The zero-order chi connectivity index (χ0) is 10.7. The summed E-state index contributed by atoms with van der Waals surface area (Å²) in [5.74, 6) is -0.742. The summed E-state index contributed by atoms with van der Waals surface area (Å²) in [6, 6.07) is -0.543. The second kappa shape index (κ2) is 4.41. The van der Waals surface area contributed by atoms with Gasteiger partial charge in [-0.3, -0.25) is 14.5 Å². The van der Waals surface area contributed by atoms with Gasteiger partial charge in [-0.1, -0.05) is 6.92 Å². The van der Waals surface area contributed by atoms with Gasteiger partial charge in [0.15, 0.2) is 0 Å². The van der Waals surface area contributed by atoms with E-state index in [1.807, 2.05) is 4.90 Å². The molecule has 1 atom stereocenters. The van der Waals surface area contributed by atoms with Gasteiger partial charge >= 0.3 is 5.97 Å². The van der Waals surface area contributed by atoms with Gasteiger partial charge in [0.25, 0.3) is 0 Å². The molecule has 0 aromatic heterocycles. The second-order valence-corrected chi connectivity index (χ2v) is 3.92. The SMILES string of the molecule is CC1CN(C(CCC(N)=O)C(=O)O)C1. The first-order valence-electron chi connectivity index (χ1n) is 4.76. The molecule has 1 heterocycles. The molecular formula is C9H16N2O3. The van der Waals surface area contributed by atoms with Crippen molar-refractivity contribution in [3.05, 3.63) is 0 Å². The van der Waals surface area contributed by atoms with Crippen LogP contribution in [0.3, 0.4) is 0 Å². The van der Waals surface area contributed by atoms with E-state index in [1.54, 1.807) is 0 Å². The van der Waals surface area contributed by atoms with Crippen LogP contribution in [-0.4, -0.2) is 41.0 Å². The summed E-state index contributed by atoms with van der Waals surface area (Å²) in [7, 11) is 0. The van der Waals surface area contributed by atoms with Crippen molar-refractivity contribution < 1.29 is 14.7 Å². The summed E-state index contributed by atoms with van der Waals surface area (Å²) < 4.78 is 0. The van der Waals surface area contributed by atoms with Crippen LogP contribution in [-0.2, 0) is 9.59 Å². The highest BCUT2D eigenvalue weighted by atomic mass is 16.4. The van der Waals surface area contributed by atoms with Crippen LogP contribution in [0.1, 0.15) is 19.8 Å². The average molecular weight is 200 g/mol. The molecule has 0 saturated carbocycles. The van der Waals surface area contributed by atoms with Gasteiger partial charge in [0, 0.05) is 19.5 Å². The molecule has 14 heavy (non-hydrogen) atoms. The number of amides is 1. The molecule has 5 heteroatoms. The number of hydrogen-bond donors (Lipinski definition) is 2. The molecule has 1 fully saturated rings. The van der Waals surface area contributed by atoms with Gasteiger partial charge in [-0.15, -0.1) is 0 Å². The van der Waals surface area contributed by atoms with Gasteiger partial charge in [0.1, 0.15) is 6.04 Å². The van der Waals surface area contributed by atoms with Gasteiger partial charge in [0.05, 0.1) is 0 Å². The minimum atomic E-state index is -0.863. The first kappa shape index (κ1) is 11.0. The Morgan fingerprint density at radius 3 is 2.50 bits per heavy atom. The summed E-state index contributed by atoms with van der Waals surface area (Å²) in [6.07, 6.45) is 0.458. The van der Waals surface area contributed by atoms with Crippen molar-refractivity contribution in [3.8, 4) is 0 Å². The fourth-order valence-corrected chi connectivity index (χ4v) is 1.74. The number of nitrogens with two attached hydrogens (primary N) is 1. The molecule has 1 saturated heterocycles. The molecule has 0 spiro atoms. The van der Waals surface area contributed by atoms with E-state index in [1.165, 1.54) is 0 Å². The van der Waals surface area contributed by atoms with E-state index < -0.39 is 17.9 Å². The number of nitrogens with zero attached hydrogens (tertiary/aromatic N) is 1. The Balaban J connectivity index is 2.40. The maximum atomic E-state index is 10.9. The summed E-state index contributed by atoms with van der Waals surface area (Å²) in [5.41, 5.74) is 4.98. The maximum Gasteiger partial charge on any atom is 0.320 e. The van der Waals surface area contributed by atoms with E-state index >= 15 is 0 Å². The third-order valence-electron chi connectivity index (χ3n) is 2.48.